The Hall–Kier alpha value is -3.09. The van der Waals surface area contributed by atoms with Gasteiger partial charge in [-0.1, -0.05) is 18.2 Å². The molecule has 0 fully saturated rings. The highest BCUT2D eigenvalue weighted by Crippen LogP contribution is 2.15. The van der Waals surface area contributed by atoms with Gasteiger partial charge in [-0.05, 0) is 26.0 Å². The summed E-state index contributed by atoms with van der Waals surface area (Å²) in [5.74, 6) is 0.0866. The number of carbonyl (C=O) groups is 1. The number of benzene rings is 1. The Kier molecular flexibility index (Phi) is 5.14. The molecule has 7 heteroatoms. The lowest BCUT2D eigenvalue weighted by atomic mass is 10.2. The molecule has 2 aromatic rings. The first-order valence-electron chi connectivity index (χ1n) is 6.82. The lowest BCUT2D eigenvalue weighted by Gasteiger charge is -2.06. The Morgan fingerprint density at radius 2 is 2.04 bits per heavy atom. The summed E-state index contributed by atoms with van der Waals surface area (Å²) in [6.45, 7) is 2.79. The van der Waals surface area contributed by atoms with Gasteiger partial charge in [-0.15, -0.1) is 0 Å². The highest BCUT2D eigenvalue weighted by Gasteiger charge is 2.13. The van der Waals surface area contributed by atoms with Crippen LogP contribution in [-0.4, -0.2) is 23.3 Å². The predicted molar refractivity (Wildman–Crippen MR) is 83.7 cm³/mol. The normalized spacial score (nSPS) is 11.1. The number of nitrogens with zero attached hydrogens (tertiary/aromatic N) is 1. The van der Waals surface area contributed by atoms with Crippen LogP contribution in [0.5, 0.6) is 11.5 Å². The zero-order chi connectivity index (χ0) is 16.8. The van der Waals surface area contributed by atoms with Gasteiger partial charge in [0.2, 0.25) is 0 Å². The Morgan fingerprint density at radius 1 is 1.35 bits per heavy atom. The molecule has 0 saturated heterocycles. The molecular formula is C16H16N2O5. The van der Waals surface area contributed by atoms with Crippen molar-refractivity contribution in [2.75, 3.05) is 6.61 Å². The number of amides is 1. The maximum atomic E-state index is 11.7. The van der Waals surface area contributed by atoms with Gasteiger partial charge in [-0.2, -0.15) is 5.10 Å². The van der Waals surface area contributed by atoms with Crippen LogP contribution in [0.15, 0.2) is 50.7 Å². The van der Waals surface area contributed by atoms with Crippen LogP contribution in [0.2, 0.25) is 0 Å². The summed E-state index contributed by atoms with van der Waals surface area (Å²) in [6, 6.07) is 10.1. The number of carbonyl (C=O) groups excluding carboxylic acids is 1. The minimum atomic E-state index is -0.724. The molecule has 1 aromatic heterocycles. The SMILES string of the molecule is C/C(=N/NC(=O)COc1ccccc1)c1c(O)cc(C)oc1=O. The average Bonchev–Trinajstić information content (AvgIpc) is 2.51. The summed E-state index contributed by atoms with van der Waals surface area (Å²) in [4.78, 5) is 23.4. The van der Waals surface area contributed by atoms with Crippen molar-refractivity contribution >= 4 is 11.6 Å². The number of hydrazone groups is 1. The Balaban J connectivity index is 1.99. The highest BCUT2D eigenvalue weighted by molar-refractivity contribution is 6.01. The number of para-hydroxylation sites is 1. The molecule has 0 aliphatic carbocycles. The van der Waals surface area contributed by atoms with E-state index < -0.39 is 11.5 Å². The smallest absolute Gasteiger partial charge is 0.348 e. The van der Waals surface area contributed by atoms with Crippen molar-refractivity contribution in [1.82, 2.24) is 5.43 Å². The van der Waals surface area contributed by atoms with Crippen LogP contribution < -0.4 is 15.8 Å². The minimum Gasteiger partial charge on any atom is -0.507 e. The van der Waals surface area contributed by atoms with E-state index in [1.807, 2.05) is 6.07 Å². The van der Waals surface area contributed by atoms with Crippen LogP contribution in [-0.2, 0) is 4.79 Å². The van der Waals surface area contributed by atoms with E-state index in [4.69, 9.17) is 9.15 Å². The number of ether oxygens (including phenoxy) is 1. The minimum absolute atomic E-state index is 0.0973. The molecule has 2 N–H and O–H groups in total. The van der Waals surface area contributed by atoms with E-state index in [2.05, 4.69) is 10.5 Å². The predicted octanol–water partition coefficient (Wildman–Crippen LogP) is 1.57. The molecule has 7 nitrogen and oxygen atoms in total. The van der Waals surface area contributed by atoms with Gasteiger partial charge in [0.1, 0.15) is 22.8 Å². The summed E-state index contributed by atoms with van der Waals surface area (Å²) >= 11 is 0. The molecule has 0 unspecified atom stereocenters. The first-order chi connectivity index (χ1) is 11.0. The van der Waals surface area contributed by atoms with Gasteiger partial charge in [-0.25, -0.2) is 10.2 Å². The van der Waals surface area contributed by atoms with Gasteiger partial charge >= 0.3 is 5.63 Å². The first-order valence-corrected chi connectivity index (χ1v) is 6.82. The van der Waals surface area contributed by atoms with Crippen LogP contribution in [0, 0.1) is 6.92 Å². The molecule has 1 aromatic carbocycles. The third-order valence-electron chi connectivity index (χ3n) is 2.88. The van der Waals surface area contributed by atoms with E-state index in [1.54, 1.807) is 31.2 Å². The number of aromatic hydroxyl groups is 1. The summed E-state index contributed by atoms with van der Waals surface area (Å²) in [6.07, 6.45) is 0. The molecule has 0 bridgehead atoms. The summed E-state index contributed by atoms with van der Waals surface area (Å²) in [7, 11) is 0. The lowest BCUT2D eigenvalue weighted by Crippen LogP contribution is -2.26. The fourth-order valence-corrected chi connectivity index (χ4v) is 1.83. The zero-order valence-corrected chi connectivity index (χ0v) is 12.7. The van der Waals surface area contributed by atoms with Crippen molar-refractivity contribution in [1.29, 1.82) is 0 Å². The third kappa shape index (κ3) is 4.44. The zero-order valence-electron chi connectivity index (χ0n) is 12.7. The van der Waals surface area contributed by atoms with Crippen LogP contribution in [0.1, 0.15) is 18.2 Å². The monoisotopic (exact) mass is 316 g/mol. The first kappa shape index (κ1) is 16.3. The summed E-state index contributed by atoms with van der Waals surface area (Å²) in [5.41, 5.74) is 1.56. The van der Waals surface area contributed by atoms with Crippen molar-refractivity contribution in [2.45, 2.75) is 13.8 Å². The van der Waals surface area contributed by atoms with Crippen molar-refractivity contribution in [3.05, 3.63) is 58.1 Å². The quantitative estimate of drug-likeness (QED) is 0.644. The number of nitrogens with one attached hydrogen (secondary N) is 1. The molecule has 1 heterocycles. The van der Waals surface area contributed by atoms with Gasteiger partial charge in [0.05, 0.1) is 5.71 Å². The standard InChI is InChI=1S/C16H16N2O5/c1-10-8-13(19)15(16(21)23-10)11(2)17-18-14(20)9-22-12-6-4-3-5-7-12/h3-8,19H,9H2,1-2H3,(H,18,20)/b17-11-. The maximum absolute atomic E-state index is 11.7. The molecule has 1 amide bonds. The Bertz CT molecular complexity index is 781. The third-order valence-corrected chi connectivity index (χ3v) is 2.88. The second kappa shape index (κ2) is 7.26. The van der Waals surface area contributed by atoms with E-state index in [9.17, 15) is 14.7 Å². The second-order valence-corrected chi connectivity index (χ2v) is 4.74. The number of hydrogen-bond donors (Lipinski definition) is 2. The van der Waals surface area contributed by atoms with E-state index in [1.165, 1.54) is 13.0 Å². The van der Waals surface area contributed by atoms with E-state index in [0.29, 0.717) is 5.75 Å². The molecule has 0 saturated carbocycles. The molecular weight excluding hydrogens is 300 g/mol. The number of aryl methyl sites for hydroxylation is 1. The molecule has 0 spiro atoms. The van der Waals surface area contributed by atoms with Gasteiger partial charge in [-0.3, -0.25) is 4.79 Å². The Morgan fingerprint density at radius 3 is 2.70 bits per heavy atom. The van der Waals surface area contributed by atoms with E-state index in [0.717, 1.165) is 0 Å². The van der Waals surface area contributed by atoms with Crippen molar-refractivity contribution in [3.8, 4) is 11.5 Å². The van der Waals surface area contributed by atoms with E-state index >= 15 is 0 Å². The molecule has 2 rings (SSSR count). The average molecular weight is 316 g/mol. The van der Waals surface area contributed by atoms with Gasteiger partial charge < -0.3 is 14.3 Å². The van der Waals surface area contributed by atoms with Crippen molar-refractivity contribution in [2.24, 2.45) is 5.10 Å². The lowest BCUT2D eigenvalue weighted by molar-refractivity contribution is -0.123. The van der Waals surface area contributed by atoms with Gasteiger partial charge in [0, 0.05) is 6.07 Å². The molecule has 0 radical (unpaired) electrons. The molecule has 120 valence electrons. The van der Waals surface area contributed by atoms with Gasteiger partial charge in [0.25, 0.3) is 5.91 Å². The van der Waals surface area contributed by atoms with Crippen molar-refractivity contribution < 1.29 is 19.1 Å². The molecule has 0 aliphatic rings. The van der Waals surface area contributed by atoms with Crippen LogP contribution in [0.25, 0.3) is 0 Å². The molecule has 0 aliphatic heterocycles. The second-order valence-electron chi connectivity index (χ2n) is 4.74. The summed E-state index contributed by atoms with van der Waals surface area (Å²) < 4.78 is 10.1. The summed E-state index contributed by atoms with van der Waals surface area (Å²) in [5, 5.41) is 13.6. The molecule has 0 atom stereocenters. The van der Waals surface area contributed by atoms with Crippen LogP contribution in [0.4, 0.5) is 0 Å². The fourth-order valence-electron chi connectivity index (χ4n) is 1.83. The maximum Gasteiger partial charge on any atom is 0.348 e. The van der Waals surface area contributed by atoms with Crippen molar-refractivity contribution in [3.63, 3.8) is 0 Å². The van der Waals surface area contributed by atoms with Crippen LogP contribution >= 0.6 is 0 Å². The Labute approximate surface area is 132 Å². The number of rotatable bonds is 5. The highest BCUT2D eigenvalue weighted by atomic mass is 16.5. The number of hydrogen-bond acceptors (Lipinski definition) is 6. The van der Waals surface area contributed by atoms with E-state index in [-0.39, 0.29) is 29.4 Å². The molecule has 23 heavy (non-hydrogen) atoms. The van der Waals surface area contributed by atoms with Crippen LogP contribution in [0.3, 0.4) is 0 Å². The largest absolute Gasteiger partial charge is 0.507 e. The topological polar surface area (TPSA) is 101 Å². The fraction of sp³-hybridized carbons (Fsp3) is 0.188. The van der Waals surface area contributed by atoms with Gasteiger partial charge in [0.15, 0.2) is 6.61 Å².